The normalized spacial score (nSPS) is 14.3. The standard InChI is InChI=1S/C13H19F2NO3S/c1-13(2,3)12(17)6-7-16-20(18,19)11-5-4-9(14)8-10(11)15/h4-5,8,12,16-17H,6-7H2,1-3H3. The molecule has 2 N–H and O–H groups in total. The molecule has 0 aliphatic rings. The van der Waals surface area contributed by atoms with Crippen molar-refractivity contribution in [3.05, 3.63) is 29.8 Å². The highest BCUT2D eigenvalue weighted by molar-refractivity contribution is 7.89. The second-order valence-electron chi connectivity index (χ2n) is 5.64. The summed E-state index contributed by atoms with van der Waals surface area (Å²) in [6.45, 7) is 5.45. The first kappa shape index (κ1) is 17.0. The van der Waals surface area contributed by atoms with Crippen molar-refractivity contribution in [2.45, 2.75) is 38.2 Å². The third kappa shape index (κ3) is 4.50. The van der Waals surface area contributed by atoms with Gasteiger partial charge in [0.2, 0.25) is 10.0 Å². The summed E-state index contributed by atoms with van der Waals surface area (Å²) in [7, 11) is -4.05. The smallest absolute Gasteiger partial charge is 0.243 e. The van der Waals surface area contributed by atoms with Gasteiger partial charge in [-0.1, -0.05) is 20.8 Å². The second-order valence-corrected chi connectivity index (χ2v) is 7.38. The molecule has 0 aliphatic carbocycles. The first-order valence-electron chi connectivity index (χ1n) is 6.17. The lowest BCUT2D eigenvalue weighted by Gasteiger charge is -2.25. The average Bonchev–Trinajstić information content (AvgIpc) is 2.26. The molecule has 7 heteroatoms. The van der Waals surface area contributed by atoms with Crippen LogP contribution in [-0.4, -0.2) is 26.2 Å². The molecular formula is C13H19F2NO3S. The lowest BCUT2D eigenvalue weighted by atomic mass is 9.87. The highest BCUT2D eigenvalue weighted by Crippen LogP contribution is 2.21. The van der Waals surface area contributed by atoms with E-state index in [1.54, 1.807) is 0 Å². The molecule has 20 heavy (non-hydrogen) atoms. The number of sulfonamides is 1. The SMILES string of the molecule is CC(C)(C)C(O)CCNS(=O)(=O)c1ccc(F)cc1F. The molecular weight excluding hydrogens is 288 g/mol. The number of hydrogen-bond acceptors (Lipinski definition) is 3. The molecule has 1 rings (SSSR count). The summed E-state index contributed by atoms with van der Waals surface area (Å²) in [5, 5.41) is 9.79. The molecule has 114 valence electrons. The number of halogens is 2. The van der Waals surface area contributed by atoms with Gasteiger partial charge in [0.1, 0.15) is 16.5 Å². The minimum absolute atomic E-state index is 0.0302. The van der Waals surface area contributed by atoms with E-state index in [0.29, 0.717) is 6.07 Å². The molecule has 1 aromatic carbocycles. The monoisotopic (exact) mass is 307 g/mol. The van der Waals surface area contributed by atoms with Gasteiger partial charge in [-0.05, 0) is 24.0 Å². The van der Waals surface area contributed by atoms with E-state index in [4.69, 9.17) is 0 Å². The molecule has 1 unspecified atom stereocenters. The van der Waals surface area contributed by atoms with Crippen LogP contribution in [0.4, 0.5) is 8.78 Å². The Kier molecular flexibility index (Phi) is 5.23. The lowest BCUT2D eigenvalue weighted by Crippen LogP contribution is -2.32. The Hall–Kier alpha value is -1.05. The Bertz CT molecular complexity index is 567. The largest absolute Gasteiger partial charge is 0.393 e. The van der Waals surface area contributed by atoms with Gasteiger partial charge in [0.15, 0.2) is 0 Å². The molecule has 4 nitrogen and oxygen atoms in total. The zero-order valence-corrected chi connectivity index (χ0v) is 12.5. The van der Waals surface area contributed by atoms with E-state index >= 15 is 0 Å². The van der Waals surface area contributed by atoms with Crippen LogP contribution in [0, 0.1) is 17.0 Å². The zero-order valence-electron chi connectivity index (χ0n) is 11.7. The lowest BCUT2D eigenvalue weighted by molar-refractivity contribution is 0.0571. The van der Waals surface area contributed by atoms with Crippen LogP contribution in [0.1, 0.15) is 27.2 Å². The van der Waals surface area contributed by atoms with Crippen molar-refractivity contribution in [3.8, 4) is 0 Å². The maximum atomic E-state index is 13.4. The quantitative estimate of drug-likeness (QED) is 0.875. The summed E-state index contributed by atoms with van der Waals surface area (Å²) in [6.07, 6.45) is -0.491. The van der Waals surface area contributed by atoms with Crippen molar-refractivity contribution in [2.24, 2.45) is 5.41 Å². The van der Waals surface area contributed by atoms with E-state index in [-0.39, 0.29) is 18.4 Å². The minimum Gasteiger partial charge on any atom is -0.393 e. The van der Waals surface area contributed by atoms with E-state index in [1.807, 2.05) is 20.8 Å². The van der Waals surface area contributed by atoms with Gasteiger partial charge in [0.25, 0.3) is 0 Å². The number of hydrogen-bond donors (Lipinski definition) is 2. The number of rotatable bonds is 5. The van der Waals surface area contributed by atoms with Crippen LogP contribution < -0.4 is 4.72 Å². The molecule has 0 saturated heterocycles. The molecule has 0 spiro atoms. The van der Waals surface area contributed by atoms with Crippen molar-refractivity contribution in [2.75, 3.05) is 6.54 Å². The predicted octanol–water partition coefficient (Wildman–Crippen LogP) is 2.04. The van der Waals surface area contributed by atoms with Crippen LogP contribution in [0.5, 0.6) is 0 Å². The van der Waals surface area contributed by atoms with E-state index in [1.165, 1.54) is 0 Å². The Labute approximate surface area is 117 Å². The van der Waals surface area contributed by atoms with Crippen molar-refractivity contribution < 1.29 is 22.3 Å². The van der Waals surface area contributed by atoms with Crippen LogP contribution in [0.15, 0.2) is 23.1 Å². The van der Waals surface area contributed by atoms with Gasteiger partial charge < -0.3 is 5.11 Å². The highest BCUT2D eigenvalue weighted by Gasteiger charge is 2.23. The maximum Gasteiger partial charge on any atom is 0.243 e. The van der Waals surface area contributed by atoms with E-state index in [0.717, 1.165) is 12.1 Å². The molecule has 1 atom stereocenters. The topological polar surface area (TPSA) is 66.4 Å². The van der Waals surface area contributed by atoms with Gasteiger partial charge >= 0.3 is 0 Å². The summed E-state index contributed by atoms with van der Waals surface area (Å²) < 4.78 is 52.0. The fourth-order valence-corrected chi connectivity index (χ4v) is 2.64. The number of aliphatic hydroxyl groups excluding tert-OH is 1. The molecule has 0 amide bonds. The summed E-state index contributed by atoms with van der Waals surface area (Å²) in [6, 6.07) is 2.26. The first-order valence-corrected chi connectivity index (χ1v) is 7.65. The molecule has 0 fully saturated rings. The van der Waals surface area contributed by atoms with Crippen molar-refractivity contribution in [3.63, 3.8) is 0 Å². The third-order valence-corrected chi connectivity index (χ3v) is 4.39. The molecule has 1 aromatic rings. The summed E-state index contributed by atoms with van der Waals surface area (Å²) in [4.78, 5) is -0.607. The molecule has 0 heterocycles. The van der Waals surface area contributed by atoms with Crippen molar-refractivity contribution in [1.29, 1.82) is 0 Å². The van der Waals surface area contributed by atoms with Gasteiger partial charge in [-0.3, -0.25) is 0 Å². The third-order valence-electron chi connectivity index (χ3n) is 2.89. The van der Waals surface area contributed by atoms with Crippen LogP contribution in [0.25, 0.3) is 0 Å². The van der Waals surface area contributed by atoms with Gasteiger partial charge in [0, 0.05) is 12.6 Å². The van der Waals surface area contributed by atoms with Crippen LogP contribution in [0.2, 0.25) is 0 Å². The predicted molar refractivity (Wildman–Crippen MR) is 71.6 cm³/mol. The Morgan fingerprint density at radius 2 is 1.90 bits per heavy atom. The van der Waals surface area contributed by atoms with E-state index < -0.39 is 32.7 Å². The second kappa shape index (κ2) is 6.15. The molecule has 0 aliphatic heterocycles. The Balaban J connectivity index is 2.72. The molecule has 0 saturated carbocycles. The van der Waals surface area contributed by atoms with Gasteiger partial charge in [-0.25, -0.2) is 21.9 Å². The van der Waals surface area contributed by atoms with E-state index in [2.05, 4.69) is 4.72 Å². The summed E-state index contributed by atoms with van der Waals surface area (Å²) in [5.41, 5.74) is -0.368. The van der Waals surface area contributed by atoms with Crippen molar-refractivity contribution in [1.82, 2.24) is 4.72 Å². The zero-order chi connectivity index (χ0) is 15.6. The van der Waals surface area contributed by atoms with E-state index in [9.17, 15) is 22.3 Å². The number of aliphatic hydroxyl groups is 1. The van der Waals surface area contributed by atoms with Gasteiger partial charge in [-0.2, -0.15) is 0 Å². The summed E-state index contributed by atoms with van der Waals surface area (Å²) in [5.74, 6) is -1.99. The van der Waals surface area contributed by atoms with Crippen LogP contribution in [-0.2, 0) is 10.0 Å². The van der Waals surface area contributed by atoms with Crippen molar-refractivity contribution >= 4 is 10.0 Å². The Morgan fingerprint density at radius 1 is 1.30 bits per heavy atom. The molecule has 0 radical (unpaired) electrons. The van der Waals surface area contributed by atoms with Gasteiger partial charge in [0.05, 0.1) is 6.10 Å². The summed E-state index contributed by atoms with van der Waals surface area (Å²) >= 11 is 0. The molecule has 0 bridgehead atoms. The molecule has 0 aromatic heterocycles. The van der Waals surface area contributed by atoms with Crippen LogP contribution >= 0.6 is 0 Å². The highest BCUT2D eigenvalue weighted by atomic mass is 32.2. The average molecular weight is 307 g/mol. The fourth-order valence-electron chi connectivity index (χ4n) is 1.53. The maximum absolute atomic E-state index is 13.4. The number of nitrogens with one attached hydrogen (secondary N) is 1. The fraction of sp³-hybridized carbons (Fsp3) is 0.538. The minimum atomic E-state index is -4.05. The van der Waals surface area contributed by atoms with Crippen LogP contribution in [0.3, 0.4) is 0 Å². The first-order chi connectivity index (χ1) is 9.04. The van der Waals surface area contributed by atoms with Gasteiger partial charge in [-0.15, -0.1) is 0 Å². The number of benzene rings is 1. The Morgan fingerprint density at radius 3 is 2.40 bits per heavy atom.